The van der Waals surface area contributed by atoms with Crippen molar-refractivity contribution in [3.05, 3.63) is 286 Å². The van der Waals surface area contributed by atoms with Crippen molar-refractivity contribution in [1.29, 1.82) is 0 Å². The van der Waals surface area contributed by atoms with E-state index in [4.69, 9.17) is 24.4 Å². The Hall–Kier alpha value is -9.99. The van der Waals surface area contributed by atoms with E-state index in [-0.39, 0.29) is 0 Å². The third kappa shape index (κ3) is 9.99. The quantitative estimate of drug-likeness (QED) is 0.0694. The third-order valence-electron chi connectivity index (χ3n) is 12.6. The van der Waals surface area contributed by atoms with Crippen LogP contribution in [0.1, 0.15) is 67.5 Å². The van der Waals surface area contributed by atoms with E-state index in [2.05, 4.69) is 144 Å². The van der Waals surface area contributed by atoms with E-state index in [9.17, 15) is 0 Å². The highest BCUT2D eigenvalue weighted by molar-refractivity contribution is 6.14. The van der Waals surface area contributed by atoms with Crippen molar-refractivity contribution in [3.8, 4) is 16.9 Å². The molecule has 74 heavy (non-hydrogen) atoms. The summed E-state index contributed by atoms with van der Waals surface area (Å²) in [7, 11) is 1.73. The van der Waals surface area contributed by atoms with E-state index in [0.717, 1.165) is 112 Å². The molecular weight excluding hydrogens is 905 g/mol. The number of benzene rings is 3. The number of allylic oxidation sites excluding steroid dienone is 10. The van der Waals surface area contributed by atoms with Crippen LogP contribution in [-0.4, -0.2) is 38.5 Å². The minimum Gasteiger partial charge on any atom is -0.455 e. The van der Waals surface area contributed by atoms with Crippen molar-refractivity contribution >= 4 is 76.1 Å². The van der Waals surface area contributed by atoms with Crippen molar-refractivity contribution < 1.29 is 4.42 Å². The summed E-state index contributed by atoms with van der Waals surface area (Å²) in [6.45, 7) is 10.0. The van der Waals surface area contributed by atoms with Crippen LogP contribution in [0, 0.1) is 6.92 Å². The Morgan fingerprint density at radius 3 is 2.20 bits per heavy atom. The highest BCUT2D eigenvalue weighted by Gasteiger charge is 2.25. The summed E-state index contributed by atoms with van der Waals surface area (Å²) < 4.78 is 9.03. The lowest BCUT2D eigenvalue weighted by Crippen LogP contribution is -2.03. The second kappa shape index (κ2) is 22.4. The van der Waals surface area contributed by atoms with Gasteiger partial charge in [0.2, 0.25) is 0 Å². The van der Waals surface area contributed by atoms with Crippen molar-refractivity contribution in [2.45, 2.75) is 13.3 Å². The Morgan fingerprint density at radius 2 is 1.46 bits per heavy atom. The summed E-state index contributed by atoms with van der Waals surface area (Å²) in [5.74, 6) is 0.713. The molecule has 0 saturated heterocycles. The maximum Gasteiger partial charge on any atom is 0.143 e. The highest BCUT2D eigenvalue weighted by Crippen LogP contribution is 2.42. The first kappa shape index (κ1) is 47.7. The zero-order chi connectivity index (χ0) is 50.6. The molecule has 2 aliphatic carbocycles. The normalized spacial score (nSPS) is 13.4. The van der Waals surface area contributed by atoms with Crippen molar-refractivity contribution in [1.82, 2.24) is 19.5 Å². The van der Waals surface area contributed by atoms with E-state index >= 15 is 0 Å². The lowest BCUT2D eigenvalue weighted by atomic mass is 9.97. The number of rotatable bonds is 12. The van der Waals surface area contributed by atoms with Gasteiger partial charge in [0.1, 0.15) is 11.3 Å². The van der Waals surface area contributed by atoms with Crippen molar-refractivity contribution in [2.24, 2.45) is 9.98 Å². The minimum absolute atomic E-state index is 0.676. The van der Waals surface area contributed by atoms with Crippen LogP contribution in [0.4, 0.5) is 0 Å². The van der Waals surface area contributed by atoms with Gasteiger partial charge in [0.15, 0.2) is 0 Å². The molecule has 0 spiro atoms. The average Bonchev–Trinajstić information content (AvgIpc) is 3.62. The fourth-order valence-electron chi connectivity index (χ4n) is 9.23. The zero-order valence-corrected chi connectivity index (χ0v) is 41.2. The van der Waals surface area contributed by atoms with Crippen LogP contribution in [0.2, 0.25) is 0 Å². The molecule has 0 bridgehead atoms. The Labute approximate surface area is 431 Å². The maximum absolute atomic E-state index is 6.68. The summed E-state index contributed by atoms with van der Waals surface area (Å²) in [5.41, 5.74) is 28.7. The van der Waals surface area contributed by atoms with E-state index in [0.29, 0.717) is 12.2 Å². The molecule has 11 rings (SSSR count). The molecule has 1 aliphatic heterocycles. The second-order valence-electron chi connectivity index (χ2n) is 17.2. The number of aryl methyl sites for hydroxylation is 1. The van der Waals surface area contributed by atoms with Gasteiger partial charge in [-0.2, -0.15) is 0 Å². The van der Waals surface area contributed by atoms with Crippen molar-refractivity contribution in [2.75, 3.05) is 7.05 Å². The first-order valence-corrected chi connectivity index (χ1v) is 24.3. The summed E-state index contributed by atoms with van der Waals surface area (Å²) in [5, 5.41) is 0.965. The van der Waals surface area contributed by atoms with Gasteiger partial charge >= 0.3 is 0 Å². The average molecular weight is 955 g/mol. The molecule has 0 unspecified atom stereocenters. The SMILES string of the molecule is C=C/C=C\C=NC.C=Cc1c2c(n(-c3cc4c5c(oc4cc3C)C=C=C(c3ccccn3)C(c3ccccn3)=C5)c1/C=C\Cc1ccccc1C1=NC=CC=C=C1)C=CC(c1ccccc1-c1ccccn1)=C=C2. The van der Waals surface area contributed by atoms with Crippen LogP contribution in [0.5, 0.6) is 0 Å². The molecule has 8 aromatic rings. The van der Waals surface area contributed by atoms with Gasteiger partial charge < -0.3 is 8.98 Å². The van der Waals surface area contributed by atoms with Crippen LogP contribution in [0.15, 0.2) is 233 Å². The van der Waals surface area contributed by atoms with Gasteiger partial charge in [0.05, 0.1) is 39.8 Å². The number of hydrogen-bond donors (Lipinski definition) is 0. The van der Waals surface area contributed by atoms with E-state index < -0.39 is 0 Å². The Bertz CT molecular complexity index is 3900. The second-order valence-corrected chi connectivity index (χ2v) is 17.2. The molecular formula is C67H50N6O. The lowest BCUT2D eigenvalue weighted by molar-refractivity contribution is 0.603. The molecule has 0 atom stereocenters. The molecule has 0 saturated carbocycles. The summed E-state index contributed by atoms with van der Waals surface area (Å²) >= 11 is 0. The molecule has 0 radical (unpaired) electrons. The lowest BCUT2D eigenvalue weighted by Gasteiger charge is -2.15. The van der Waals surface area contributed by atoms with Gasteiger partial charge in [-0.3, -0.25) is 24.9 Å². The van der Waals surface area contributed by atoms with E-state index in [1.807, 2.05) is 116 Å². The molecule has 3 aromatic carbocycles. The van der Waals surface area contributed by atoms with Crippen LogP contribution in [0.25, 0.3) is 81.1 Å². The predicted molar refractivity (Wildman–Crippen MR) is 309 cm³/mol. The van der Waals surface area contributed by atoms with Gasteiger partial charge in [0, 0.05) is 100 Å². The zero-order valence-electron chi connectivity index (χ0n) is 41.2. The number of pyridine rings is 3. The van der Waals surface area contributed by atoms with Gasteiger partial charge in [-0.05, 0) is 127 Å². The predicted octanol–water partition coefficient (Wildman–Crippen LogP) is 15.7. The molecule has 7 heteroatoms. The highest BCUT2D eigenvalue weighted by atomic mass is 16.3. The first-order valence-electron chi connectivity index (χ1n) is 24.3. The summed E-state index contributed by atoms with van der Waals surface area (Å²) in [6, 6.07) is 39.0. The molecule has 3 aliphatic rings. The van der Waals surface area contributed by atoms with Crippen LogP contribution < -0.4 is 0 Å². The van der Waals surface area contributed by atoms with E-state index in [1.54, 1.807) is 25.5 Å². The molecule has 354 valence electrons. The van der Waals surface area contributed by atoms with Crippen LogP contribution in [-0.2, 0) is 6.42 Å². The third-order valence-corrected chi connectivity index (χ3v) is 12.6. The van der Waals surface area contributed by atoms with Crippen molar-refractivity contribution in [3.63, 3.8) is 0 Å². The fraction of sp³-hybridized carbons (Fsp3) is 0.0448. The molecule has 0 N–H and O–H groups in total. The Kier molecular flexibility index (Phi) is 14.4. The molecule has 0 fully saturated rings. The molecule has 0 amide bonds. The summed E-state index contributed by atoms with van der Waals surface area (Å²) in [4.78, 5) is 22.6. The Morgan fingerprint density at radius 1 is 0.730 bits per heavy atom. The van der Waals surface area contributed by atoms with E-state index in [1.165, 1.54) is 0 Å². The number of nitrogens with zero attached hydrogens (tertiary/aromatic N) is 6. The number of hydrogen-bond acceptors (Lipinski definition) is 6. The van der Waals surface area contributed by atoms with Gasteiger partial charge in [-0.1, -0.05) is 104 Å². The minimum atomic E-state index is 0.676. The molecule has 5 aromatic heterocycles. The molecule has 6 heterocycles. The first-order chi connectivity index (χ1) is 36.5. The smallest absolute Gasteiger partial charge is 0.143 e. The van der Waals surface area contributed by atoms with Crippen LogP contribution >= 0.6 is 0 Å². The number of furan rings is 1. The largest absolute Gasteiger partial charge is 0.455 e. The van der Waals surface area contributed by atoms with Crippen LogP contribution in [0.3, 0.4) is 0 Å². The van der Waals surface area contributed by atoms with Gasteiger partial charge in [-0.25, -0.2) is 0 Å². The maximum atomic E-state index is 6.68. The topological polar surface area (TPSA) is 81.5 Å². The standard InChI is InChI=1S/C61H41N5O.C6H9N/c1-3-44-49-30-28-43(45-20-8-9-22-47(45)54-24-10-14-35-63-54)29-32-58(49)66(57(44)27-17-19-42-18-6-7-21-46(42)53-23-5-4-13-34-62-53)59-40-52-51-39-50(56-26-12-16-37-65-56)48(55-25-11-15-36-64-55)31-33-60(51)67-61(52)38-41(59)2;1-3-4-5-6-7-2/h3-4,6-18,20-27,29-30,32-40H,1,19H2,2H3;3-6H,1H2,2H3/b27-17-;5-4-,7-6?. The molecule has 7 nitrogen and oxygen atoms in total. The Balaban J connectivity index is 0.000000837. The summed E-state index contributed by atoms with van der Waals surface area (Å²) in [6.07, 6.45) is 37.7. The van der Waals surface area contributed by atoms with Gasteiger partial charge in [-0.15, -0.1) is 17.2 Å². The number of aromatic nitrogens is 4. The number of aliphatic imine (C=N–C) groups is 2. The number of fused-ring (bicyclic) bond motifs is 4. The van der Waals surface area contributed by atoms with Gasteiger partial charge in [0.25, 0.3) is 0 Å². The monoisotopic (exact) mass is 954 g/mol. The fourth-order valence-corrected chi connectivity index (χ4v) is 9.23.